The van der Waals surface area contributed by atoms with E-state index in [0.717, 1.165) is 5.96 Å². The lowest BCUT2D eigenvalue weighted by Gasteiger charge is -2.22. The van der Waals surface area contributed by atoms with Crippen molar-refractivity contribution in [3.8, 4) is 0 Å². The molecular weight excluding hydrogens is 298 g/mol. The number of hydrogen-bond acceptors (Lipinski definition) is 2. The second-order valence-electron chi connectivity index (χ2n) is 6.20. The normalized spacial score (nSPS) is 10.3. The van der Waals surface area contributed by atoms with E-state index < -0.39 is 0 Å². The van der Waals surface area contributed by atoms with E-state index in [4.69, 9.17) is 4.74 Å². The summed E-state index contributed by atoms with van der Waals surface area (Å²) in [6.45, 7) is 1.94. The molecule has 0 aromatic heterocycles. The fraction of sp³-hybridized carbons (Fsp3) is 0.350. The zero-order valence-electron chi connectivity index (χ0n) is 15.1. The molecular formula is C20H27N3O. The SMILES string of the molecule is CN(C)C(=NCc1ccc(COCc2ccccc2)cc1)N(C)C. The number of hydrogen-bond donors (Lipinski definition) is 0. The Balaban J connectivity index is 1.85. The van der Waals surface area contributed by atoms with Crippen LogP contribution in [0.1, 0.15) is 16.7 Å². The number of rotatable bonds is 6. The molecule has 0 bridgehead atoms. The van der Waals surface area contributed by atoms with Crippen molar-refractivity contribution in [2.45, 2.75) is 19.8 Å². The molecule has 4 heteroatoms. The van der Waals surface area contributed by atoms with Gasteiger partial charge in [-0.05, 0) is 16.7 Å². The highest BCUT2D eigenvalue weighted by molar-refractivity contribution is 5.79. The summed E-state index contributed by atoms with van der Waals surface area (Å²) in [7, 11) is 8.02. The highest BCUT2D eigenvalue weighted by atomic mass is 16.5. The fourth-order valence-corrected chi connectivity index (χ4v) is 2.45. The first-order valence-corrected chi connectivity index (χ1v) is 8.15. The molecule has 0 spiro atoms. The summed E-state index contributed by atoms with van der Waals surface area (Å²) in [4.78, 5) is 8.70. The predicted molar refractivity (Wildman–Crippen MR) is 99.9 cm³/mol. The van der Waals surface area contributed by atoms with Crippen LogP contribution in [0.15, 0.2) is 59.6 Å². The van der Waals surface area contributed by atoms with Crippen molar-refractivity contribution in [2.24, 2.45) is 4.99 Å². The van der Waals surface area contributed by atoms with E-state index in [1.807, 2.05) is 56.2 Å². The second-order valence-corrected chi connectivity index (χ2v) is 6.20. The average molecular weight is 325 g/mol. The third kappa shape index (κ3) is 5.70. The van der Waals surface area contributed by atoms with Crippen LogP contribution in [0, 0.1) is 0 Å². The van der Waals surface area contributed by atoms with Gasteiger partial charge < -0.3 is 14.5 Å². The van der Waals surface area contributed by atoms with Crippen LogP contribution in [0.5, 0.6) is 0 Å². The predicted octanol–water partition coefficient (Wildman–Crippen LogP) is 3.38. The molecule has 0 aliphatic carbocycles. The zero-order valence-corrected chi connectivity index (χ0v) is 15.1. The molecule has 128 valence electrons. The van der Waals surface area contributed by atoms with Crippen LogP contribution in [-0.4, -0.2) is 44.0 Å². The monoisotopic (exact) mass is 325 g/mol. The molecule has 2 aromatic rings. The van der Waals surface area contributed by atoms with E-state index in [-0.39, 0.29) is 0 Å². The van der Waals surface area contributed by atoms with Gasteiger partial charge in [0.25, 0.3) is 0 Å². The van der Waals surface area contributed by atoms with Crippen LogP contribution in [0.2, 0.25) is 0 Å². The molecule has 0 unspecified atom stereocenters. The van der Waals surface area contributed by atoms with E-state index >= 15 is 0 Å². The summed E-state index contributed by atoms with van der Waals surface area (Å²) in [5.74, 6) is 0.963. The van der Waals surface area contributed by atoms with Crippen LogP contribution >= 0.6 is 0 Å². The van der Waals surface area contributed by atoms with Crippen LogP contribution < -0.4 is 0 Å². The van der Waals surface area contributed by atoms with Gasteiger partial charge in [-0.1, -0.05) is 54.6 Å². The topological polar surface area (TPSA) is 28.1 Å². The minimum atomic E-state index is 0.624. The summed E-state index contributed by atoms with van der Waals surface area (Å²) in [5, 5.41) is 0. The largest absolute Gasteiger partial charge is 0.372 e. The van der Waals surface area contributed by atoms with Gasteiger partial charge in [0.15, 0.2) is 5.96 Å². The maximum absolute atomic E-state index is 5.77. The summed E-state index contributed by atoms with van der Waals surface area (Å²) in [6.07, 6.45) is 0. The van der Waals surface area contributed by atoms with Crippen LogP contribution in [0.4, 0.5) is 0 Å². The molecule has 0 N–H and O–H groups in total. The minimum Gasteiger partial charge on any atom is -0.372 e. The third-order valence-electron chi connectivity index (χ3n) is 3.61. The van der Waals surface area contributed by atoms with Crippen molar-refractivity contribution in [1.82, 2.24) is 9.80 Å². The lowest BCUT2D eigenvalue weighted by atomic mass is 10.1. The summed E-state index contributed by atoms with van der Waals surface area (Å²) in [6, 6.07) is 18.7. The summed E-state index contributed by atoms with van der Waals surface area (Å²) in [5.41, 5.74) is 3.57. The molecule has 0 saturated carbocycles. The molecule has 0 saturated heterocycles. The molecule has 2 aromatic carbocycles. The maximum Gasteiger partial charge on any atom is 0.195 e. The van der Waals surface area contributed by atoms with Gasteiger partial charge in [0, 0.05) is 28.2 Å². The first kappa shape index (κ1) is 18.0. The van der Waals surface area contributed by atoms with Crippen molar-refractivity contribution in [1.29, 1.82) is 0 Å². The number of ether oxygens (including phenoxy) is 1. The van der Waals surface area contributed by atoms with Crippen LogP contribution in [-0.2, 0) is 24.5 Å². The zero-order chi connectivity index (χ0) is 17.4. The first-order chi connectivity index (χ1) is 11.6. The van der Waals surface area contributed by atoms with Crippen molar-refractivity contribution in [3.63, 3.8) is 0 Å². The molecule has 0 aliphatic rings. The third-order valence-corrected chi connectivity index (χ3v) is 3.61. The van der Waals surface area contributed by atoms with Crippen molar-refractivity contribution in [3.05, 3.63) is 71.3 Å². The lowest BCUT2D eigenvalue weighted by Crippen LogP contribution is -2.35. The van der Waals surface area contributed by atoms with Crippen molar-refractivity contribution >= 4 is 5.96 Å². The lowest BCUT2D eigenvalue weighted by molar-refractivity contribution is 0.107. The second kappa shape index (κ2) is 9.08. The summed E-state index contributed by atoms with van der Waals surface area (Å²) >= 11 is 0. The van der Waals surface area contributed by atoms with Gasteiger partial charge in [0.05, 0.1) is 19.8 Å². The van der Waals surface area contributed by atoms with E-state index in [1.54, 1.807) is 0 Å². The fourth-order valence-electron chi connectivity index (χ4n) is 2.45. The van der Waals surface area contributed by atoms with Gasteiger partial charge in [-0.25, -0.2) is 4.99 Å². The average Bonchev–Trinajstić information content (AvgIpc) is 2.57. The Bertz CT molecular complexity index is 624. The highest BCUT2D eigenvalue weighted by Gasteiger charge is 2.03. The van der Waals surface area contributed by atoms with E-state index in [9.17, 15) is 0 Å². The van der Waals surface area contributed by atoms with Crippen molar-refractivity contribution in [2.75, 3.05) is 28.2 Å². The Morgan fingerprint density at radius 3 is 1.79 bits per heavy atom. The standard InChI is InChI=1S/C20H27N3O/c1-22(2)20(23(3)4)21-14-17-10-12-19(13-11-17)16-24-15-18-8-6-5-7-9-18/h5-13H,14-16H2,1-4H3. The molecule has 2 rings (SSSR count). The Labute approximate surface area is 145 Å². The van der Waals surface area contributed by atoms with Gasteiger partial charge in [-0.15, -0.1) is 0 Å². The number of benzene rings is 2. The number of guanidine groups is 1. The van der Waals surface area contributed by atoms with Crippen LogP contribution in [0.3, 0.4) is 0 Å². The summed E-state index contributed by atoms with van der Waals surface area (Å²) < 4.78 is 5.77. The van der Waals surface area contributed by atoms with Crippen LogP contribution in [0.25, 0.3) is 0 Å². The van der Waals surface area contributed by atoms with E-state index in [0.29, 0.717) is 19.8 Å². The number of nitrogens with zero attached hydrogens (tertiary/aromatic N) is 3. The van der Waals surface area contributed by atoms with Gasteiger partial charge in [-0.3, -0.25) is 0 Å². The quantitative estimate of drug-likeness (QED) is 0.602. The molecule has 0 heterocycles. The molecule has 0 aliphatic heterocycles. The smallest absolute Gasteiger partial charge is 0.195 e. The van der Waals surface area contributed by atoms with Crippen molar-refractivity contribution < 1.29 is 4.74 Å². The van der Waals surface area contributed by atoms with E-state index in [1.165, 1.54) is 16.7 Å². The molecule has 0 amide bonds. The molecule has 0 radical (unpaired) electrons. The van der Waals surface area contributed by atoms with E-state index in [2.05, 4.69) is 41.4 Å². The Kier molecular flexibility index (Phi) is 6.82. The molecule has 0 atom stereocenters. The Morgan fingerprint density at radius 2 is 1.25 bits per heavy atom. The van der Waals surface area contributed by atoms with Gasteiger partial charge in [-0.2, -0.15) is 0 Å². The van der Waals surface area contributed by atoms with Gasteiger partial charge in [0.2, 0.25) is 0 Å². The molecule has 4 nitrogen and oxygen atoms in total. The molecule has 0 fully saturated rings. The maximum atomic E-state index is 5.77. The van der Waals surface area contributed by atoms with Gasteiger partial charge >= 0.3 is 0 Å². The van der Waals surface area contributed by atoms with Gasteiger partial charge in [0.1, 0.15) is 0 Å². The Hall–Kier alpha value is -2.33. The first-order valence-electron chi connectivity index (χ1n) is 8.15. The number of aliphatic imine (C=N–C) groups is 1. The molecule has 24 heavy (non-hydrogen) atoms. The minimum absolute atomic E-state index is 0.624. The highest BCUT2D eigenvalue weighted by Crippen LogP contribution is 2.09. The Morgan fingerprint density at radius 1 is 0.750 bits per heavy atom.